The fourth-order valence-corrected chi connectivity index (χ4v) is 3.21. The lowest BCUT2D eigenvalue weighted by Gasteiger charge is -2.37. The number of piperidine rings is 1. The van der Waals surface area contributed by atoms with E-state index in [0.717, 1.165) is 12.8 Å². The van der Waals surface area contributed by atoms with Crippen LogP contribution in [0.3, 0.4) is 0 Å². The molecule has 0 aromatic carbocycles. The van der Waals surface area contributed by atoms with Crippen LogP contribution in [0.5, 0.6) is 0 Å². The Kier molecular flexibility index (Phi) is 4.28. The van der Waals surface area contributed by atoms with Gasteiger partial charge in [0.2, 0.25) is 5.91 Å². The first-order valence-corrected chi connectivity index (χ1v) is 7.28. The molecule has 2 aliphatic rings. The fraction of sp³-hybridized carbons (Fsp3) is 0.929. The summed E-state index contributed by atoms with van der Waals surface area (Å²) in [5.41, 5.74) is 6.04. The molecule has 3 N–H and O–H groups in total. The number of nitrogens with zero attached hydrogens (tertiary/aromatic N) is 1. The third-order valence-corrected chi connectivity index (χ3v) is 4.64. The molecular weight excluding hydrogens is 226 g/mol. The molecule has 0 radical (unpaired) electrons. The fourth-order valence-electron chi connectivity index (χ4n) is 3.21. The van der Waals surface area contributed by atoms with Crippen LogP contribution in [0.25, 0.3) is 0 Å². The van der Waals surface area contributed by atoms with Crippen LogP contribution in [0.1, 0.15) is 46.5 Å². The lowest BCUT2D eigenvalue weighted by Crippen LogP contribution is -2.52. The van der Waals surface area contributed by atoms with E-state index in [2.05, 4.69) is 31.0 Å². The Labute approximate surface area is 110 Å². The number of nitrogens with one attached hydrogen (secondary N) is 1. The summed E-state index contributed by atoms with van der Waals surface area (Å²) in [7, 11) is 0. The van der Waals surface area contributed by atoms with Gasteiger partial charge in [-0.2, -0.15) is 0 Å². The van der Waals surface area contributed by atoms with Gasteiger partial charge in [0.05, 0.1) is 6.54 Å². The minimum absolute atomic E-state index is 0.170. The van der Waals surface area contributed by atoms with Crippen molar-refractivity contribution in [1.29, 1.82) is 0 Å². The molecule has 1 amide bonds. The topological polar surface area (TPSA) is 58.4 Å². The van der Waals surface area contributed by atoms with E-state index in [1.165, 1.54) is 12.8 Å². The highest BCUT2D eigenvalue weighted by Gasteiger charge is 2.40. The molecular formula is C14H27N3O. The smallest absolute Gasteiger partial charge is 0.234 e. The molecule has 3 unspecified atom stereocenters. The highest BCUT2D eigenvalue weighted by atomic mass is 16.2. The Bertz CT molecular complexity index is 291. The molecule has 2 saturated heterocycles. The SMILES string of the molecule is CC(C)C(C)NC(=O)CN1C2CCC1CC(N)C2. The van der Waals surface area contributed by atoms with Gasteiger partial charge < -0.3 is 11.1 Å². The monoisotopic (exact) mass is 253 g/mol. The molecule has 0 aromatic heterocycles. The van der Waals surface area contributed by atoms with E-state index in [0.29, 0.717) is 30.6 Å². The van der Waals surface area contributed by atoms with Crippen molar-refractivity contribution in [2.24, 2.45) is 11.7 Å². The van der Waals surface area contributed by atoms with E-state index in [1.54, 1.807) is 0 Å². The van der Waals surface area contributed by atoms with Gasteiger partial charge >= 0.3 is 0 Å². The normalized spacial score (nSPS) is 33.7. The Morgan fingerprint density at radius 3 is 2.33 bits per heavy atom. The van der Waals surface area contributed by atoms with Gasteiger partial charge in [-0.1, -0.05) is 13.8 Å². The largest absolute Gasteiger partial charge is 0.352 e. The first kappa shape index (κ1) is 13.8. The number of rotatable bonds is 4. The van der Waals surface area contributed by atoms with E-state index in [1.807, 2.05) is 0 Å². The molecule has 2 rings (SSSR count). The Morgan fingerprint density at radius 2 is 1.83 bits per heavy atom. The average molecular weight is 253 g/mol. The Balaban J connectivity index is 1.85. The van der Waals surface area contributed by atoms with E-state index in [4.69, 9.17) is 5.73 Å². The van der Waals surface area contributed by atoms with Crippen LogP contribution in [0, 0.1) is 5.92 Å². The van der Waals surface area contributed by atoms with E-state index < -0.39 is 0 Å². The van der Waals surface area contributed by atoms with Crippen molar-refractivity contribution in [2.45, 2.75) is 70.6 Å². The number of nitrogens with two attached hydrogens (primary N) is 1. The van der Waals surface area contributed by atoms with Gasteiger partial charge in [-0.15, -0.1) is 0 Å². The summed E-state index contributed by atoms with van der Waals surface area (Å²) in [4.78, 5) is 14.4. The maximum absolute atomic E-state index is 12.0. The molecule has 4 nitrogen and oxygen atoms in total. The van der Waals surface area contributed by atoms with E-state index in [-0.39, 0.29) is 11.9 Å². The molecule has 0 aromatic rings. The second kappa shape index (κ2) is 5.57. The third kappa shape index (κ3) is 3.04. The second-order valence-corrected chi connectivity index (χ2v) is 6.39. The maximum Gasteiger partial charge on any atom is 0.234 e. The first-order valence-electron chi connectivity index (χ1n) is 7.28. The summed E-state index contributed by atoms with van der Waals surface area (Å²) in [6, 6.07) is 1.68. The van der Waals surface area contributed by atoms with Crippen molar-refractivity contribution < 1.29 is 4.79 Å². The van der Waals surface area contributed by atoms with Gasteiger partial charge in [-0.25, -0.2) is 0 Å². The van der Waals surface area contributed by atoms with Crippen molar-refractivity contribution in [3.8, 4) is 0 Å². The minimum atomic E-state index is 0.170. The molecule has 0 spiro atoms. The molecule has 4 heteroatoms. The summed E-state index contributed by atoms with van der Waals surface area (Å²) in [6.07, 6.45) is 4.55. The second-order valence-electron chi connectivity index (χ2n) is 6.39. The summed E-state index contributed by atoms with van der Waals surface area (Å²) >= 11 is 0. The number of fused-ring (bicyclic) bond motifs is 2. The zero-order valence-corrected chi connectivity index (χ0v) is 11.9. The van der Waals surface area contributed by atoms with Crippen molar-refractivity contribution in [3.63, 3.8) is 0 Å². The van der Waals surface area contributed by atoms with Crippen LogP contribution in [0.4, 0.5) is 0 Å². The lowest BCUT2D eigenvalue weighted by molar-refractivity contribution is -0.124. The quantitative estimate of drug-likeness (QED) is 0.789. The average Bonchev–Trinajstić information content (AvgIpc) is 2.52. The lowest BCUT2D eigenvalue weighted by atomic mass is 9.98. The summed E-state index contributed by atoms with van der Waals surface area (Å²) < 4.78 is 0. The molecule has 104 valence electrons. The summed E-state index contributed by atoms with van der Waals surface area (Å²) in [5.74, 6) is 0.657. The van der Waals surface area contributed by atoms with Crippen LogP contribution in [-0.4, -0.2) is 41.5 Å². The number of hydrogen-bond donors (Lipinski definition) is 2. The third-order valence-electron chi connectivity index (χ3n) is 4.64. The number of carbonyl (C=O) groups excluding carboxylic acids is 1. The Morgan fingerprint density at radius 1 is 1.28 bits per heavy atom. The predicted octanol–water partition coefficient (Wildman–Crippen LogP) is 1.10. The van der Waals surface area contributed by atoms with E-state index >= 15 is 0 Å². The number of hydrogen-bond acceptors (Lipinski definition) is 3. The molecule has 2 aliphatic heterocycles. The Hall–Kier alpha value is -0.610. The molecule has 18 heavy (non-hydrogen) atoms. The molecule has 2 fully saturated rings. The van der Waals surface area contributed by atoms with Crippen LogP contribution in [0.2, 0.25) is 0 Å². The van der Waals surface area contributed by atoms with Crippen LogP contribution >= 0.6 is 0 Å². The zero-order chi connectivity index (χ0) is 13.3. The van der Waals surface area contributed by atoms with Crippen LogP contribution in [-0.2, 0) is 4.79 Å². The molecule has 2 heterocycles. The number of carbonyl (C=O) groups is 1. The van der Waals surface area contributed by atoms with Crippen LogP contribution < -0.4 is 11.1 Å². The van der Waals surface area contributed by atoms with Gasteiger partial charge in [0, 0.05) is 24.2 Å². The van der Waals surface area contributed by atoms with Gasteiger partial charge in [-0.05, 0) is 38.5 Å². The highest BCUT2D eigenvalue weighted by molar-refractivity contribution is 5.78. The zero-order valence-electron chi connectivity index (χ0n) is 11.9. The van der Waals surface area contributed by atoms with Crippen molar-refractivity contribution >= 4 is 5.91 Å². The highest BCUT2D eigenvalue weighted by Crippen LogP contribution is 2.34. The molecule has 2 bridgehead atoms. The van der Waals surface area contributed by atoms with Crippen molar-refractivity contribution in [2.75, 3.05) is 6.54 Å². The predicted molar refractivity (Wildman–Crippen MR) is 73.2 cm³/mol. The first-order chi connectivity index (χ1) is 8.47. The maximum atomic E-state index is 12.0. The number of amides is 1. The summed E-state index contributed by atoms with van der Waals surface area (Å²) in [6.45, 7) is 6.89. The van der Waals surface area contributed by atoms with Gasteiger partial charge in [0.1, 0.15) is 0 Å². The standard InChI is InChI=1S/C14H27N3O/c1-9(2)10(3)16-14(18)8-17-12-4-5-13(17)7-11(15)6-12/h9-13H,4-8,15H2,1-3H3,(H,16,18). The molecule has 3 atom stereocenters. The van der Waals surface area contributed by atoms with Gasteiger partial charge in [0.25, 0.3) is 0 Å². The molecule has 0 saturated carbocycles. The van der Waals surface area contributed by atoms with Crippen LogP contribution in [0.15, 0.2) is 0 Å². The minimum Gasteiger partial charge on any atom is -0.352 e. The van der Waals surface area contributed by atoms with Crippen molar-refractivity contribution in [1.82, 2.24) is 10.2 Å². The molecule has 0 aliphatic carbocycles. The van der Waals surface area contributed by atoms with E-state index in [9.17, 15) is 4.79 Å². The van der Waals surface area contributed by atoms with Crippen molar-refractivity contribution in [3.05, 3.63) is 0 Å². The summed E-state index contributed by atoms with van der Waals surface area (Å²) in [5, 5.41) is 3.09. The van der Waals surface area contributed by atoms with Gasteiger partial charge in [0.15, 0.2) is 0 Å². The van der Waals surface area contributed by atoms with Gasteiger partial charge in [-0.3, -0.25) is 9.69 Å².